The summed E-state index contributed by atoms with van der Waals surface area (Å²) < 4.78 is 17.3. The number of ether oxygens (including phenoxy) is 3. The zero-order chi connectivity index (χ0) is 31.1. The maximum absolute atomic E-state index is 11.8. The summed E-state index contributed by atoms with van der Waals surface area (Å²) in [7, 11) is 0. The van der Waals surface area contributed by atoms with E-state index in [-0.39, 0.29) is 6.10 Å². The molecule has 0 unspecified atom stereocenters. The van der Waals surface area contributed by atoms with Crippen LogP contribution in [0.3, 0.4) is 0 Å². The molecular formula is C36H40ClN5O4. The number of hydrogen-bond donors (Lipinski definition) is 1. The van der Waals surface area contributed by atoms with E-state index in [1.54, 1.807) is 12.4 Å². The summed E-state index contributed by atoms with van der Waals surface area (Å²) in [5.74, 6) is 2.02. The average Bonchev–Trinajstić information content (AvgIpc) is 3.42. The van der Waals surface area contributed by atoms with E-state index in [0.717, 1.165) is 68.9 Å². The second kappa shape index (κ2) is 12.5. The number of fused-ring (bicyclic) bond motifs is 1. The van der Waals surface area contributed by atoms with Crippen molar-refractivity contribution in [3.63, 3.8) is 0 Å². The molecule has 10 heteroatoms. The van der Waals surface area contributed by atoms with Crippen LogP contribution in [0.5, 0.6) is 17.2 Å². The van der Waals surface area contributed by atoms with Gasteiger partial charge in [-0.2, -0.15) is 0 Å². The van der Waals surface area contributed by atoms with Gasteiger partial charge in [-0.1, -0.05) is 23.7 Å². The molecule has 8 rings (SSSR count). The Balaban J connectivity index is 0.813. The molecule has 5 heterocycles. The molecule has 3 saturated heterocycles. The monoisotopic (exact) mass is 641 g/mol. The topological polar surface area (TPSA) is 83.2 Å². The molecular weight excluding hydrogens is 602 g/mol. The normalized spacial score (nSPS) is 20.8. The first kappa shape index (κ1) is 29.8. The maximum Gasteiger partial charge on any atom is 0.153 e. The highest BCUT2D eigenvalue weighted by atomic mass is 35.5. The van der Waals surface area contributed by atoms with E-state index in [0.29, 0.717) is 52.4 Å². The van der Waals surface area contributed by atoms with Crippen molar-refractivity contribution in [2.24, 2.45) is 5.41 Å². The fourth-order valence-electron chi connectivity index (χ4n) is 7.58. The first-order chi connectivity index (χ1) is 22.5. The summed E-state index contributed by atoms with van der Waals surface area (Å²) in [6, 6.07) is 17.0. The molecule has 46 heavy (non-hydrogen) atoms. The number of aldehydes is 1. The number of carbonyl (C=O) groups is 1. The minimum atomic E-state index is 0.212. The van der Waals surface area contributed by atoms with Gasteiger partial charge >= 0.3 is 0 Å². The van der Waals surface area contributed by atoms with Crippen molar-refractivity contribution in [3.8, 4) is 17.2 Å². The summed E-state index contributed by atoms with van der Waals surface area (Å²) >= 11 is 6.28. The molecule has 1 aliphatic carbocycles. The first-order valence-electron chi connectivity index (χ1n) is 16.5. The number of halogens is 1. The van der Waals surface area contributed by atoms with Gasteiger partial charge in [-0.3, -0.25) is 14.6 Å². The molecule has 1 N–H and O–H groups in total. The molecule has 9 nitrogen and oxygen atoms in total. The van der Waals surface area contributed by atoms with Crippen LogP contribution in [0.1, 0.15) is 41.6 Å². The SMILES string of the molecule is O=Cc1ccc(N2CCC3(CC2)CC(N2CCN(Cc4ccc(OC5COC5)cc4)CC2)C3)cc1Oc1cnc2[nH]cc(Cl)c2c1. The number of pyridine rings is 1. The Bertz CT molecular complexity index is 1680. The number of piperidine rings is 1. The molecule has 2 aromatic heterocycles. The fraction of sp³-hybridized carbons (Fsp3) is 0.444. The number of nitrogens with one attached hydrogen (secondary N) is 1. The molecule has 240 valence electrons. The molecule has 0 bridgehead atoms. The zero-order valence-corrected chi connectivity index (χ0v) is 26.8. The van der Waals surface area contributed by atoms with Crippen molar-refractivity contribution >= 4 is 34.6 Å². The maximum atomic E-state index is 11.8. The molecule has 3 aliphatic heterocycles. The Morgan fingerprint density at radius 2 is 1.76 bits per heavy atom. The third-order valence-electron chi connectivity index (χ3n) is 10.5. The number of piperazine rings is 1. The van der Waals surface area contributed by atoms with Crippen LogP contribution in [0.2, 0.25) is 5.02 Å². The van der Waals surface area contributed by atoms with Gasteiger partial charge in [0.05, 0.1) is 30.0 Å². The Labute approximate surface area is 274 Å². The van der Waals surface area contributed by atoms with Crippen LogP contribution in [0.25, 0.3) is 11.0 Å². The molecule has 1 spiro atoms. The zero-order valence-electron chi connectivity index (χ0n) is 26.0. The molecule has 0 atom stereocenters. The van der Waals surface area contributed by atoms with Crippen LogP contribution in [-0.2, 0) is 11.3 Å². The Morgan fingerprint density at radius 1 is 0.978 bits per heavy atom. The van der Waals surface area contributed by atoms with Crippen molar-refractivity contribution in [3.05, 3.63) is 77.1 Å². The van der Waals surface area contributed by atoms with Crippen molar-refractivity contribution in [2.45, 2.75) is 44.4 Å². The molecule has 2 aromatic carbocycles. The second-order valence-corrected chi connectivity index (χ2v) is 13.8. The van der Waals surface area contributed by atoms with Crippen LogP contribution < -0.4 is 14.4 Å². The predicted molar refractivity (Wildman–Crippen MR) is 178 cm³/mol. The lowest BCUT2D eigenvalue weighted by Crippen LogP contribution is -2.59. The minimum absolute atomic E-state index is 0.212. The fourth-order valence-corrected chi connectivity index (χ4v) is 7.78. The average molecular weight is 642 g/mol. The van der Waals surface area contributed by atoms with E-state index in [4.69, 9.17) is 25.8 Å². The van der Waals surface area contributed by atoms with E-state index < -0.39 is 0 Å². The van der Waals surface area contributed by atoms with Gasteiger partial charge < -0.3 is 24.1 Å². The third kappa shape index (κ3) is 6.09. The molecule has 4 aliphatic rings. The van der Waals surface area contributed by atoms with Gasteiger partial charge in [-0.25, -0.2) is 4.98 Å². The van der Waals surface area contributed by atoms with Crippen LogP contribution in [0.4, 0.5) is 5.69 Å². The van der Waals surface area contributed by atoms with E-state index in [1.807, 2.05) is 24.3 Å². The van der Waals surface area contributed by atoms with Gasteiger partial charge in [0.25, 0.3) is 0 Å². The minimum Gasteiger partial charge on any atom is -0.486 e. The van der Waals surface area contributed by atoms with Gasteiger partial charge in [-0.05, 0) is 67.0 Å². The largest absolute Gasteiger partial charge is 0.486 e. The smallest absolute Gasteiger partial charge is 0.153 e. The highest BCUT2D eigenvalue weighted by Crippen LogP contribution is 2.51. The third-order valence-corrected chi connectivity index (χ3v) is 10.8. The number of H-pyrrole nitrogens is 1. The lowest BCUT2D eigenvalue weighted by molar-refractivity contribution is -0.0796. The number of benzene rings is 2. The van der Waals surface area contributed by atoms with Gasteiger partial charge in [0, 0.05) is 75.2 Å². The van der Waals surface area contributed by atoms with Gasteiger partial charge in [0.2, 0.25) is 0 Å². The first-order valence-corrected chi connectivity index (χ1v) is 16.8. The van der Waals surface area contributed by atoms with Gasteiger partial charge in [-0.15, -0.1) is 0 Å². The highest BCUT2D eigenvalue weighted by molar-refractivity contribution is 6.35. The quantitative estimate of drug-likeness (QED) is 0.218. The van der Waals surface area contributed by atoms with Crippen molar-refractivity contribution in [1.82, 2.24) is 19.8 Å². The summed E-state index contributed by atoms with van der Waals surface area (Å²) in [6.45, 7) is 8.99. The standard InChI is InChI=1S/C36H40ClN5O4/c37-33-20-39-35-32(33)16-30(19-38-35)46-34-15-27(4-3-26(34)22-43)41-9-7-36(8-10-41)17-28(18-36)42-13-11-40(12-14-42)21-25-1-5-29(6-2-25)45-31-23-44-24-31/h1-6,15-16,19-20,22,28,31H,7-14,17-18,21,23-24H2,(H,38,39). The number of aromatic nitrogens is 2. The van der Waals surface area contributed by atoms with E-state index in [2.05, 4.69) is 48.9 Å². The molecule has 0 radical (unpaired) electrons. The number of hydrogen-bond acceptors (Lipinski definition) is 8. The molecule has 4 aromatic rings. The lowest BCUT2D eigenvalue weighted by atomic mass is 9.60. The molecule has 4 fully saturated rings. The number of rotatable bonds is 9. The number of anilines is 1. The Kier molecular flexibility index (Phi) is 8.10. The highest BCUT2D eigenvalue weighted by Gasteiger charge is 2.48. The number of aromatic amines is 1. The second-order valence-electron chi connectivity index (χ2n) is 13.4. The van der Waals surface area contributed by atoms with Gasteiger partial charge in [0.1, 0.15) is 29.0 Å². The van der Waals surface area contributed by atoms with Crippen molar-refractivity contribution in [2.75, 3.05) is 57.4 Å². The van der Waals surface area contributed by atoms with Crippen LogP contribution in [0, 0.1) is 5.41 Å². The Morgan fingerprint density at radius 3 is 2.48 bits per heavy atom. The number of nitrogens with zero attached hydrogens (tertiary/aromatic N) is 4. The van der Waals surface area contributed by atoms with Crippen molar-refractivity contribution < 1.29 is 19.0 Å². The summed E-state index contributed by atoms with van der Waals surface area (Å²) in [5, 5.41) is 1.38. The van der Waals surface area contributed by atoms with E-state index in [1.165, 1.54) is 31.2 Å². The van der Waals surface area contributed by atoms with Crippen LogP contribution >= 0.6 is 11.6 Å². The van der Waals surface area contributed by atoms with Crippen LogP contribution in [-0.4, -0.2) is 90.7 Å². The van der Waals surface area contributed by atoms with Crippen molar-refractivity contribution in [1.29, 1.82) is 0 Å². The summed E-state index contributed by atoms with van der Waals surface area (Å²) in [4.78, 5) is 27.0. The van der Waals surface area contributed by atoms with Crippen LogP contribution in [0.15, 0.2) is 60.9 Å². The molecule has 0 amide bonds. The number of carbonyl (C=O) groups excluding carboxylic acids is 1. The Hall–Kier alpha value is -3.63. The molecule has 1 saturated carbocycles. The van der Waals surface area contributed by atoms with E-state index in [9.17, 15) is 4.79 Å². The summed E-state index contributed by atoms with van der Waals surface area (Å²) in [6.07, 6.45) is 9.43. The van der Waals surface area contributed by atoms with E-state index >= 15 is 0 Å². The predicted octanol–water partition coefficient (Wildman–Crippen LogP) is 6.17. The van der Waals surface area contributed by atoms with Gasteiger partial charge in [0.15, 0.2) is 6.29 Å². The summed E-state index contributed by atoms with van der Waals surface area (Å²) in [5.41, 5.74) is 4.12. The lowest BCUT2D eigenvalue weighted by Gasteiger charge is -2.56.